The maximum Gasteiger partial charge on any atom is 0.0152 e. The average molecular weight is 268 g/mol. The van der Waals surface area contributed by atoms with Crippen molar-refractivity contribution in [2.45, 2.75) is 106 Å². The molecule has 1 nitrogen and oxygen atoms in total. The lowest BCUT2D eigenvalue weighted by Crippen LogP contribution is -2.60. The lowest BCUT2D eigenvalue weighted by molar-refractivity contribution is -0.0494. The third-order valence-electron chi connectivity index (χ3n) is 4.65. The highest BCUT2D eigenvalue weighted by Crippen LogP contribution is 2.42. The molecule has 1 heterocycles. The minimum absolute atomic E-state index is 0.250. The van der Waals surface area contributed by atoms with Crippen LogP contribution in [0.3, 0.4) is 0 Å². The van der Waals surface area contributed by atoms with Crippen LogP contribution in [0.1, 0.15) is 88.0 Å². The monoisotopic (exact) mass is 267 g/mol. The van der Waals surface area contributed by atoms with Crippen molar-refractivity contribution in [1.82, 2.24) is 4.90 Å². The van der Waals surface area contributed by atoms with Gasteiger partial charge in [0.05, 0.1) is 0 Å². The molecule has 0 aromatic rings. The van der Waals surface area contributed by atoms with Gasteiger partial charge in [-0.05, 0) is 44.4 Å². The molecule has 1 aliphatic heterocycles. The molecule has 1 fully saturated rings. The van der Waals surface area contributed by atoms with E-state index in [0.717, 1.165) is 0 Å². The van der Waals surface area contributed by atoms with Gasteiger partial charge in [0, 0.05) is 17.6 Å². The van der Waals surface area contributed by atoms with Crippen molar-refractivity contribution in [3.05, 3.63) is 0 Å². The third kappa shape index (κ3) is 4.21. The summed E-state index contributed by atoms with van der Waals surface area (Å²) in [5.74, 6) is 0. The zero-order valence-corrected chi connectivity index (χ0v) is 14.9. The molecule has 0 N–H and O–H groups in total. The number of hydrogen-bond acceptors (Lipinski definition) is 1. The summed E-state index contributed by atoms with van der Waals surface area (Å²) in [5.41, 5.74) is 0.975. The zero-order chi connectivity index (χ0) is 15.1. The lowest BCUT2D eigenvalue weighted by atomic mass is 9.77. The van der Waals surface area contributed by atoms with Crippen LogP contribution < -0.4 is 0 Å². The van der Waals surface area contributed by atoms with E-state index in [-0.39, 0.29) is 5.54 Å². The Labute approximate surface area is 122 Å². The molecule has 19 heavy (non-hydrogen) atoms. The van der Waals surface area contributed by atoms with Crippen molar-refractivity contribution in [2.24, 2.45) is 10.8 Å². The largest absolute Gasteiger partial charge is 0.292 e. The average Bonchev–Trinajstić information content (AvgIpc) is 2.35. The van der Waals surface area contributed by atoms with Crippen molar-refractivity contribution in [1.29, 1.82) is 0 Å². The lowest BCUT2D eigenvalue weighted by Gasteiger charge is -2.54. The number of likely N-dealkylation sites (tertiary alicyclic amines) is 1. The quantitative estimate of drug-likeness (QED) is 0.561. The summed E-state index contributed by atoms with van der Waals surface area (Å²) in [6, 6.07) is 1.39. The van der Waals surface area contributed by atoms with Crippen molar-refractivity contribution in [2.75, 3.05) is 0 Å². The summed E-state index contributed by atoms with van der Waals surface area (Å²) in [4.78, 5) is 2.86. The van der Waals surface area contributed by atoms with Crippen LogP contribution in [-0.2, 0) is 0 Å². The van der Waals surface area contributed by atoms with Gasteiger partial charge in [-0.15, -0.1) is 0 Å². The van der Waals surface area contributed by atoms with E-state index in [1.165, 1.54) is 25.7 Å². The van der Waals surface area contributed by atoms with Crippen LogP contribution in [0.2, 0.25) is 0 Å². The van der Waals surface area contributed by atoms with Gasteiger partial charge in [-0.3, -0.25) is 4.90 Å². The van der Waals surface area contributed by atoms with Crippen LogP contribution in [0, 0.1) is 10.8 Å². The van der Waals surface area contributed by atoms with Crippen molar-refractivity contribution in [3.63, 3.8) is 0 Å². The molecule has 1 heteroatoms. The van der Waals surface area contributed by atoms with Gasteiger partial charge in [0.2, 0.25) is 0 Å². The van der Waals surface area contributed by atoms with E-state index < -0.39 is 0 Å². The highest BCUT2D eigenvalue weighted by atomic mass is 15.3. The summed E-state index contributed by atoms with van der Waals surface area (Å²) in [6.07, 6.45) is 5.49. The smallest absolute Gasteiger partial charge is 0.0152 e. The summed E-state index contributed by atoms with van der Waals surface area (Å²) < 4.78 is 0. The maximum absolute atomic E-state index is 2.86. The minimum Gasteiger partial charge on any atom is -0.292 e. The van der Waals surface area contributed by atoms with E-state index >= 15 is 0 Å². The van der Waals surface area contributed by atoms with Crippen LogP contribution in [0.15, 0.2) is 0 Å². The Morgan fingerprint density at radius 3 is 1.16 bits per heavy atom. The van der Waals surface area contributed by atoms with Gasteiger partial charge in [-0.25, -0.2) is 0 Å². The fraction of sp³-hybridized carbons (Fsp3) is 1.00. The normalized spacial score (nSPS) is 28.3. The Morgan fingerprint density at radius 1 is 0.632 bits per heavy atom. The summed E-state index contributed by atoms with van der Waals surface area (Å²) >= 11 is 0. The highest BCUT2D eigenvalue weighted by Gasteiger charge is 2.44. The van der Waals surface area contributed by atoms with Gasteiger partial charge >= 0.3 is 0 Å². The summed E-state index contributed by atoms with van der Waals surface area (Å²) in [7, 11) is 0. The third-order valence-corrected chi connectivity index (χ3v) is 4.65. The van der Waals surface area contributed by atoms with Crippen LogP contribution in [-0.4, -0.2) is 22.5 Å². The number of hydrogen-bond donors (Lipinski definition) is 0. The first-order valence-corrected chi connectivity index (χ1v) is 8.13. The van der Waals surface area contributed by atoms with E-state index in [1.54, 1.807) is 0 Å². The Bertz CT molecular complexity index is 260. The van der Waals surface area contributed by atoms with Gasteiger partial charge in [-0.2, -0.15) is 0 Å². The first-order valence-electron chi connectivity index (χ1n) is 8.13. The van der Waals surface area contributed by atoms with E-state index in [9.17, 15) is 0 Å². The second kappa shape index (κ2) is 5.39. The molecule has 114 valence electrons. The zero-order valence-electron chi connectivity index (χ0n) is 14.9. The molecule has 1 rings (SSSR count). The van der Waals surface area contributed by atoms with Gasteiger partial charge in [0.15, 0.2) is 0 Å². The molecule has 0 amide bonds. The SMILES string of the molecule is CC(C)(C)C1CCCCC(C(C)(C)C)N1C(C)(C)C. The molecule has 1 aliphatic rings. The van der Waals surface area contributed by atoms with E-state index in [2.05, 4.69) is 67.2 Å². The Kier molecular flexibility index (Phi) is 4.83. The highest BCUT2D eigenvalue weighted by molar-refractivity contribution is 4.98. The van der Waals surface area contributed by atoms with Crippen molar-refractivity contribution < 1.29 is 0 Å². The van der Waals surface area contributed by atoms with Crippen molar-refractivity contribution >= 4 is 0 Å². The molecule has 2 atom stereocenters. The van der Waals surface area contributed by atoms with E-state index in [0.29, 0.717) is 22.9 Å². The molecule has 0 bridgehead atoms. The molecule has 0 saturated carbocycles. The molecule has 0 radical (unpaired) electrons. The van der Waals surface area contributed by atoms with E-state index in [1.807, 2.05) is 0 Å². The topological polar surface area (TPSA) is 3.24 Å². The Morgan fingerprint density at radius 2 is 0.947 bits per heavy atom. The predicted molar refractivity (Wildman–Crippen MR) is 86.5 cm³/mol. The van der Waals surface area contributed by atoms with Crippen LogP contribution in [0.25, 0.3) is 0 Å². The van der Waals surface area contributed by atoms with Crippen LogP contribution in [0.5, 0.6) is 0 Å². The maximum atomic E-state index is 2.86. The fourth-order valence-corrected chi connectivity index (χ4v) is 3.81. The second-order valence-corrected chi connectivity index (χ2v) is 9.63. The van der Waals surface area contributed by atoms with Crippen LogP contribution >= 0.6 is 0 Å². The first-order chi connectivity index (χ1) is 8.35. The molecule has 2 unspecified atom stereocenters. The Hall–Kier alpha value is -0.0400. The molecule has 0 spiro atoms. The van der Waals surface area contributed by atoms with Crippen LogP contribution in [0.4, 0.5) is 0 Å². The molecular weight excluding hydrogens is 230 g/mol. The Balaban J connectivity index is 3.23. The molecular formula is C18H37N. The summed E-state index contributed by atoms with van der Waals surface area (Å²) in [5, 5.41) is 0. The van der Waals surface area contributed by atoms with Gasteiger partial charge in [0.1, 0.15) is 0 Å². The van der Waals surface area contributed by atoms with E-state index in [4.69, 9.17) is 0 Å². The standard InChI is InChI=1S/C18H37N/c1-16(2,3)14-12-10-11-13-15(17(4,5)6)19(14)18(7,8)9/h14-15H,10-13H2,1-9H3. The van der Waals surface area contributed by atoms with Gasteiger partial charge in [0.25, 0.3) is 0 Å². The molecule has 0 aromatic carbocycles. The van der Waals surface area contributed by atoms with Crippen molar-refractivity contribution in [3.8, 4) is 0 Å². The minimum atomic E-state index is 0.250. The fourth-order valence-electron chi connectivity index (χ4n) is 3.81. The number of rotatable bonds is 0. The summed E-state index contributed by atoms with van der Waals surface area (Å²) in [6.45, 7) is 21.7. The molecule has 1 saturated heterocycles. The second-order valence-electron chi connectivity index (χ2n) is 9.63. The molecule has 0 aromatic heterocycles. The van der Waals surface area contributed by atoms with Gasteiger partial charge < -0.3 is 0 Å². The first kappa shape index (κ1) is 17.0. The predicted octanol–water partition coefficient (Wildman–Crippen LogP) is 5.49. The van der Waals surface area contributed by atoms with Gasteiger partial charge in [-0.1, -0.05) is 54.4 Å². The number of nitrogens with zero attached hydrogens (tertiary/aromatic N) is 1. The molecule has 0 aliphatic carbocycles.